The van der Waals surface area contributed by atoms with Gasteiger partial charge in [0.25, 0.3) is 0 Å². The first kappa shape index (κ1) is 13.0. The fraction of sp³-hybridized carbons (Fsp3) is 0.857. The highest BCUT2D eigenvalue weighted by Crippen LogP contribution is 2.36. The lowest BCUT2D eigenvalue weighted by molar-refractivity contribution is 0.0508. The van der Waals surface area contributed by atoms with Crippen molar-refractivity contribution in [1.29, 1.82) is 0 Å². The number of fused-ring (bicyclic) bond motifs is 1. The van der Waals surface area contributed by atoms with Gasteiger partial charge in [0.05, 0.1) is 0 Å². The van der Waals surface area contributed by atoms with Gasteiger partial charge in [0.1, 0.15) is 5.51 Å². The third-order valence-corrected chi connectivity index (χ3v) is 5.85. The van der Waals surface area contributed by atoms with Crippen LogP contribution in [0.3, 0.4) is 0 Å². The Balaban J connectivity index is 1.40. The van der Waals surface area contributed by atoms with Gasteiger partial charge in [-0.3, -0.25) is 4.90 Å². The highest BCUT2D eigenvalue weighted by atomic mass is 32.1. The number of likely N-dealkylation sites (tertiary alicyclic amines) is 1. The fourth-order valence-corrected chi connectivity index (χ4v) is 4.74. The smallest absolute Gasteiger partial charge is 0.208 e. The second kappa shape index (κ2) is 5.58. The summed E-state index contributed by atoms with van der Waals surface area (Å²) in [6.07, 6.45) is 5.06. The minimum absolute atomic E-state index is 0.669. The molecule has 6 heteroatoms. The van der Waals surface area contributed by atoms with E-state index in [2.05, 4.69) is 20.0 Å². The summed E-state index contributed by atoms with van der Waals surface area (Å²) in [7, 11) is 0. The van der Waals surface area contributed by atoms with Crippen molar-refractivity contribution in [1.82, 2.24) is 15.1 Å². The van der Waals surface area contributed by atoms with E-state index in [4.69, 9.17) is 4.74 Å². The second-order valence-corrected chi connectivity index (χ2v) is 6.99. The summed E-state index contributed by atoms with van der Waals surface area (Å²) in [5.74, 6) is 0.845. The summed E-state index contributed by atoms with van der Waals surface area (Å²) in [6.45, 7) is 5.60. The molecule has 20 heavy (non-hydrogen) atoms. The van der Waals surface area contributed by atoms with Crippen molar-refractivity contribution in [2.45, 2.75) is 37.8 Å². The minimum Gasteiger partial charge on any atom is -0.381 e. The normalized spacial score (nSPS) is 31.9. The zero-order valence-electron chi connectivity index (χ0n) is 11.8. The molecule has 4 rings (SSSR count). The molecule has 0 saturated carbocycles. The number of aromatic nitrogens is 2. The lowest BCUT2D eigenvalue weighted by Crippen LogP contribution is -2.39. The summed E-state index contributed by atoms with van der Waals surface area (Å²) in [5.41, 5.74) is 1.84. The van der Waals surface area contributed by atoms with E-state index in [1.807, 2.05) is 5.51 Å². The van der Waals surface area contributed by atoms with Crippen LogP contribution in [0.4, 0.5) is 5.13 Å². The molecule has 110 valence electrons. The van der Waals surface area contributed by atoms with Gasteiger partial charge < -0.3 is 9.64 Å². The van der Waals surface area contributed by atoms with E-state index in [9.17, 15) is 0 Å². The van der Waals surface area contributed by atoms with Gasteiger partial charge in [-0.05, 0) is 31.6 Å². The molecule has 1 aromatic heterocycles. The average molecular weight is 294 g/mol. The highest BCUT2D eigenvalue weighted by molar-refractivity contribution is 7.13. The molecule has 1 aromatic rings. The minimum atomic E-state index is 0.669. The molecular formula is C14H22N4OS. The first-order valence-corrected chi connectivity index (χ1v) is 8.64. The maximum atomic E-state index is 5.48. The summed E-state index contributed by atoms with van der Waals surface area (Å²) >= 11 is 1.67. The Labute approximate surface area is 123 Å². The van der Waals surface area contributed by atoms with E-state index in [1.54, 1.807) is 11.3 Å². The predicted molar refractivity (Wildman–Crippen MR) is 79.2 cm³/mol. The lowest BCUT2D eigenvalue weighted by Gasteiger charge is -2.30. The Morgan fingerprint density at radius 3 is 2.80 bits per heavy atom. The molecule has 4 heterocycles. The van der Waals surface area contributed by atoms with Gasteiger partial charge in [-0.15, -0.1) is 10.2 Å². The van der Waals surface area contributed by atoms with Crippen LogP contribution < -0.4 is 4.90 Å². The molecule has 3 fully saturated rings. The average Bonchev–Trinajstić information content (AvgIpc) is 3.18. The van der Waals surface area contributed by atoms with Gasteiger partial charge in [0.2, 0.25) is 5.13 Å². The van der Waals surface area contributed by atoms with Crippen LogP contribution in [0.2, 0.25) is 0 Å². The van der Waals surface area contributed by atoms with Gasteiger partial charge in [-0.25, -0.2) is 0 Å². The van der Waals surface area contributed by atoms with E-state index >= 15 is 0 Å². The first-order chi connectivity index (χ1) is 9.92. The van der Waals surface area contributed by atoms with Crippen LogP contribution in [0.5, 0.6) is 0 Å². The van der Waals surface area contributed by atoms with Gasteiger partial charge in [0.15, 0.2) is 0 Å². The fourth-order valence-electron chi connectivity index (χ4n) is 4.09. The molecule has 5 nitrogen and oxygen atoms in total. The van der Waals surface area contributed by atoms with Gasteiger partial charge in [-0.2, -0.15) is 0 Å². The molecule has 0 amide bonds. The van der Waals surface area contributed by atoms with Gasteiger partial charge in [0, 0.05) is 44.9 Å². The van der Waals surface area contributed by atoms with Crippen molar-refractivity contribution < 1.29 is 4.74 Å². The van der Waals surface area contributed by atoms with Crippen LogP contribution in [0, 0.1) is 5.92 Å². The topological polar surface area (TPSA) is 41.5 Å². The Bertz CT molecular complexity index is 434. The zero-order valence-corrected chi connectivity index (χ0v) is 12.6. The number of hydrogen-bond acceptors (Lipinski definition) is 6. The molecule has 3 aliphatic rings. The van der Waals surface area contributed by atoms with Crippen molar-refractivity contribution in [2.24, 2.45) is 5.92 Å². The van der Waals surface area contributed by atoms with Gasteiger partial charge >= 0.3 is 0 Å². The van der Waals surface area contributed by atoms with Crippen molar-refractivity contribution in [2.75, 3.05) is 37.7 Å². The Morgan fingerprint density at radius 1 is 1.15 bits per heavy atom. The van der Waals surface area contributed by atoms with Crippen molar-refractivity contribution in [3.63, 3.8) is 0 Å². The molecule has 3 saturated heterocycles. The van der Waals surface area contributed by atoms with Gasteiger partial charge in [-0.1, -0.05) is 11.3 Å². The van der Waals surface area contributed by atoms with Crippen molar-refractivity contribution >= 4 is 16.5 Å². The lowest BCUT2D eigenvalue weighted by atomic mass is 9.99. The van der Waals surface area contributed by atoms with Crippen molar-refractivity contribution in [3.05, 3.63) is 5.51 Å². The molecule has 0 unspecified atom stereocenters. The largest absolute Gasteiger partial charge is 0.381 e. The first-order valence-electron chi connectivity index (χ1n) is 7.76. The van der Waals surface area contributed by atoms with Crippen LogP contribution in [0.25, 0.3) is 0 Å². The Morgan fingerprint density at radius 2 is 2.00 bits per heavy atom. The molecule has 0 radical (unpaired) electrons. The van der Waals surface area contributed by atoms with E-state index in [1.165, 1.54) is 38.8 Å². The molecule has 3 aliphatic heterocycles. The predicted octanol–water partition coefficient (Wildman–Crippen LogP) is 1.62. The summed E-state index contributed by atoms with van der Waals surface area (Å²) < 4.78 is 5.48. The van der Waals surface area contributed by atoms with Crippen LogP contribution in [0.1, 0.15) is 25.7 Å². The third kappa shape index (κ3) is 2.34. The number of ether oxygens (including phenoxy) is 1. The van der Waals surface area contributed by atoms with Crippen molar-refractivity contribution in [3.8, 4) is 0 Å². The number of rotatable bonds is 3. The van der Waals surface area contributed by atoms with Crippen LogP contribution in [-0.2, 0) is 4.74 Å². The quantitative estimate of drug-likeness (QED) is 0.847. The Hall–Kier alpha value is -0.720. The Kier molecular flexibility index (Phi) is 3.62. The van der Waals surface area contributed by atoms with E-state index in [-0.39, 0.29) is 0 Å². The standard InChI is InChI=1S/C14H22N4OS/c1-5-17(9-11-3-7-19-8-4-11)12-2-6-18(13(1)12)14-16-15-10-20-14/h10-13H,1-9H2/t12-,13+/m1/s1. The highest BCUT2D eigenvalue weighted by Gasteiger charge is 2.43. The van der Waals surface area contributed by atoms with E-state index < -0.39 is 0 Å². The molecule has 0 spiro atoms. The van der Waals surface area contributed by atoms with Crippen LogP contribution in [-0.4, -0.2) is 60.0 Å². The van der Waals surface area contributed by atoms with Crippen LogP contribution >= 0.6 is 11.3 Å². The molecule has 2 atom stereocenters. The molecule has 0 bridgehead atoms. The summed E-state index contributed by atoms with van der Waals surface area (Å²) in [5, 5.41) is 9.37. The number of nitrogens with zero attached hydrogens (tertiary/aromatic N) is 4. The second-order valence-electron chi connectivity index (χ2n) is 6.18. The van der Waals surface area contributed by atoms with E-state index in [0.29, 0.717) is 6.04 Å². The summed E-state index contributed by atoms with van der Waals surface area (Å²) in [4.78, 5) is 5.23. The molecule has 0 aliphatic carbocycles. The zero-order chi connectivity index (χ0) is 13.4. The van der Waals surface area contributed by atoms with Crippen LogP contribution in [0.15, 0.2) is 5.51 Å². The number of anilines is 1. The number of hydrogen-bond donors (Lipinski definition) is 0. The molecule has 0 aromatic carbocycles. The van der Waals surface area contributed by atoms with E-state index in [0.717, 1.165) is 36.8 Å². The summed E-state index contributed by atoms with van der Waals surface area (Å²) in [6, 6.07) is 1.41. The third-order valence-electron chi connectivity index (χ3n) is 5.12. The monoisotopic (exact) mass is 294 g/mol. The maximum Gasteiger partial charge on any atom is 0.208 e. The SMILES string of the molecule is c1nnc(N2CC[C@@H]3[C@@H]2CCN3CC2CCOCC2)s1. The molecular weight excluding hydrogens is 272 g/mol. The molecule has 0 N–H and O–H groups in total. The maximum absolute atomic E-state index is 5.48.